The highest BCUT2D eigenvalue weighted by Gasteiger charge is 2.33. The van der Waals surface area contributed by atoms with Crippen LogP contribution in [0.1, 0.15) is 12.0 Å². The van der Waals surface area contributed by atoms with Gasteiger partial charge in [-0.05, 0) is 24.3 Å². The number of sulfonamides is 1. The van der Waals surface area contributed by atoms with Crippen molar-refractivity contribution in [3.63, 3.8) is 0 Å². The SMILES string of the molecule is COc1cccc(-c2noc([C@@H]3CN(S(=O)(=O)CCOc4ccccc4)CCO3)n2)c1. The smallest absolute Gasteiger partial charge is 0.257 e. The molecule has 31 heavy (non-hydrogen) atoms. The topological polar surface area (TPSA) is 104 Å². The summed E-state index contributed by atoms with van der Waals surface area (Å²) in [5.74, 6) is 1.79. The van der Waals surface area contributed by atoms with Gasteiger partial charge in [-0.1, -0.05) is 35.5 Å². The Morgan fingerprint density at radius 2 is 1.94 bits per heavy atom. The number of benzene rings is 2. The van der Waals surface area contributed by atoms with Gasteiger partial charge in [-0.25, -0.2) is 8.42 Å². The van der Waals surface area contributed by atoms with Gasteiger partial charge in [0.1, 0.15) is 18.1 Å². The Bertz CT molecular complexity index is 1100. The van der Waals surface area contributed by atoms with Crippen LogP contribution in [0.4, 0.5) is 0 Å². The van der Waals surface area contributed by atoms with Crippen LogP contribution in [-0.2, 0) is 14.8 Å². The summed E-state index contributed by atoms with van der Waals surface area (Å²) in [6.45, 7) is 0.670. The molecule has 1 aliphatic heterocycles. The Hall–Kier alpha value is -2.95. The van der Waals surface area contributed by atoms with Crippen LogP contribution in [0, 0.1) is 0 Å². The van der Waals surface area contributed by atoms with Crippen molar-refractivity contribution in [2.75, 3.05) is 39.2 Å². The lowest BCUT2D eigenvalue weighted by atomic mass is 10.2. The summed E-state index contributed by atoms with van der Waals surface area (Å²) in [6.07, 6.45) is -0.634. The average Bonchev–Trinajstić information content (AvgIpc) is 3.30. The van der Waals surface area contributed by atoms with E-state index in [2.05, 4.69) is 10.1 Å². The molecule has 2 aromatic carbocycles. The Morgan fingerprint density at radius 1 is 1.13 bits per heavy atom. The first kappa shape index (κ1) is 21.3. The van der Waals surface area contributed by atoms with Crippen molar-refractivity contribution in [1.29, 1.82) is 0 Å². The number of morpholine rings is 1. The van der Waals surface area contributed by atoms with E-state index in [0.717, 1.165) is 5.56 Å². The monoisotopic (exact) mass is 445 g/mol. The van der Waals surface area contributed by atoms with Gasteiger partial charge in [0.25, 0.3) is 5.89 Å². The van der Waals surface area contributed by atoms with Gasteiger partial charge >= 0.3 is 0 Å². The first-order chi connectivity index (χ1) is 15.0. The predicted octanol–water partition coefficient (Wildman–Crippen LogP) is 2.53. The maximum absolute atomic E-state index is 12.8. The fraction of sp³-hybridized carbons (Fsp3) is 0.333. The molecule has 9 nitrogen and oxygen atoms in total. The summed E-state index contributed by atoms with van der Waals surface area (Å²) in [5.41, 5.74) is 0.729. The van der Waals surface area contributed by atoms with Gasteiger partial charge in [0, 0.05) is 18.7 Å². The summed E-state index contributed by atoms with van der Waals surface area (Å²) >= 11 is 0. The number of hydrogen-bond acceptors (Lipinski definition) is 8. The van der Waals surface area contributed by atoms with Crippen molar-refractivity contribution in [3.05, 3.63) is 60.5 Å². The molecule has 0 N–H and O–H groups in total. The van der Waals surface area contributed by atoms with Crippen LogP contribution in [0.5, 0.6) is 11.5 Å². The van der Waals surface area contributed by atoms with Crippen LogP contribution in [0.3, 0.4) is 0 Å². The second kappa shape index (κ2) is 9.46. The molecule has 0 amide bonds. The molecule has 1 aromatic heterocycles. The van der Waals surface area contributed by atoms with E-state index in [4.69, 9.17) is 18.7 Å². The first-order valence-corrected chi connectivity index (χ1v) is 11.4. The number of ether oxygens (including phenoxy) is 3. The van der Waals surface area contributed by atoms with E-state index < -0.39 is 16.1 Å². The summed E-state index contributed by atoms with van der Waals surface area (Å²) in [7, 11) is -1.95. The largest absolute Gasteiger partial charge is 0.497 e. The zero-order chi connectivity index (χ0) is 21.7. The van der Waals surface area contributed by atoms with Crippen LogP contribution in [-0.4, -0.2) is 62.0 Å². The van der Waals surface area contributed by atoms with Gasteiger partial charge in [0.05, 0.1) is 19.5 Å². The van der Waals surface area contributed by atoms with Gasteiger partial charge in [-0.15, -0.1) is 0 Å². The lowest BCUT2D eigenvalue weighted by molar-refractivity contribution is -0.0200. The van der Waals surface area contributed by atoms with Crippen LogP contribution >= 0.6 is 0 Å². The molecule has 0 radical (unpaired) electrons. The van der Waals surface area contributed by atoms with E-state index in [1.165, 1.54) is 4.31 Å². The molecule has 0 unspecified atom stereocenters. The van der Waals surface area contributed by atoms with Crippen molar-refractivity contribution < 1.29 is 27.2 Å². The average molecular weight is 445 g/mol. The molecule has 1 aliphatic rings. The number of methoxy groups -OCH3 is 1. The summed E-state index contributed by atoms with van der Waals surface area (Å²) in [4.78, 5) is 4.39. The highest BCUT2D eigenvalue weighted by molar-refractivity contribution is 7.89. The predicted molar refractivity (Wildman–Crippen MR) is 112 cm³/mol. The van der Waals surface area contributed by atoms with Gasteiger partial charge in [0.2, 0.25) is 15.8 Å². The van der Waals surface area contributed by atoms with E-state index in [1.807, 2.05) is 36.4 Å². The Balaban J connectivity index is 1.39. The van der Waals surface area contributed by atoms with E-state index in [1.54, 1.807) is 25.3 Å². The van der Waals surface area contributed by atoms with Crippen molar-refractivity contribution in [3.8, 4) is 22.9 Å². The molecule has 164 valence electrons. The van der Waals surface area contributed by atoms with Gasteiger partial charge in [-0.2, -0.15) is 9.29 Å². The Kier molecular flexibility index (Phi) is 6.50. The highest BCUT2D eigenvalue weighted by Crippen LogP contribution is 2.26. The molecule has 10 heteroatoms. The van der Waals surface area contributed by atoms with Crippen LogP contribution in [0.15, 0.2) is 59.1 Å². The fourth-order valence-corrected chi connectivity index (χ4v) is 4.45. The molecular weight excluding hydrogens is 422 g/mol. The minimum atomic E-state index is -3.53. The zero-order valence-electron chi connectivity index (χ0n) is 17.0. The second-order valence-electron chi connectivity index (χ2n) is 6.88. The van der Waals surface area contributed by atoms with Gasteiger partial charge < -0.3 is 18.7 Å². The van der Waals surface area contributed by atoms with E-state index in [0.29, 0.717) is 17.3 Å². The molecule has 1 saturated heterocycles. The molecule has 1 atom stereocenters. The molecule has 0 aliphatic carbocycles. The summed E-state index contributed by atoms with van der Waals surface area (Å²) in [6, 6.07) is 16.4. The number of nitrogens with zero attached hydrogens (tertiary/aromatic N) is 3. The van der Waals surface area contributed by atoms with Crippen molar-refractivity contribution in [2.24, 2.45) is 0 Å². The molecular formula is C21H23N3O6S. The van der Waals surface area contributed by atoms with Crippen LogP contribution < -0.4 is 9.47 Å². The maximum Gasteiger partial charge on any atom is 0.257 e. The van der Waals surface area contributed by atoms with Crippen LogP contribution in [0.25, 0.3) is 11.4 Å². The minimum absolute atomic E-state index is 0.0644. The lowest BCUT2D eigenvalue weighted by Gasteiger charge is -2.30. The molecule has 3 aromatic rings. The van der Waals surface area contributed by atoms with Gasteiger partial charge in [0.15, 0.2) is 6.10 Å². The third-order valence-corrected chi connectivity index (χ3v) is 6.62. The Labute approximate surface area is 180 Å². The molecule has 1 fully saturated rings. The molecule has 2 heterocycles. The minimum Gasteiger partial charge on any atom is -0.497 e. The van der Waals surface area contributed by atoms with E-state index >= 15 is 0 Å². The van der Waals surface area contributed by atoms with Crippen molar-refractivity contribution in [1.82, 2.24) is 14.4 Å². The lowest BCUT2D eigenvalue weighted by Crippen LogP contribution is -2.44. The van der Waals surface area contributed by atoms with Crippen LogP contribution in [0.2, 0.25) is 0 Å². The Morgan fingerprint density at radius 3 is 2.74 bits per heavy atom. The standard InChI is InChI=1S/C21H23N3O6S/c1-27-18-9-5-6-16(14-18)20-22-21(30-23-20)19-15-24(10-11-29-19)31(25,26)13-12-28-17-7-3-2-4-8-17/h2-9,14,19H,10-13,15H2,1H3/t19-/m0/s1. The second-order valence-corrected chi connectivity index (χ2v) is 8.97. The normalized spacial score (nSPS) is 17.4. The number of rotatable bonds is 8. The quantitative estimate of drug-likeness (QED) is 0.521. The molecule has 0 saturated carbocycles. The van der Waals surface area contributed by atoms with E-state index in [-0.39, 0.29) is 37.9 Å². The zero-order valence-corrected chi connectivity index (χ0v) is 17.8. The molecule has 0 bridgehead atoms. The van der Waals surface area contributed by atoms with E-state index in [9.17, 15) is 8.42 Å². The maximum atomic E-state index is 12.8. The summed E-state index contributed by atoms with van der Waals surface area (Å²) in [5, 5.41) is 4.00. The first-order valence-electron chi connectivity index (χ1n) is 9.80. The highest BCUT2D eigenvalue weighted by atomic mass is 32.2. The molecule has 4 rings (SSSR count). The van der Waals surface area contributed by atoms with Crippen molar-refractivity contribution >= 4 is 10.0 Å². The third-order valence-electron chi connectivity index (χ3n) is 4.82. The number of aromatic nitrogens is 2. The number of para-hydroxylation sites is 1. The molecule has 0 spiro atoms. The van der Waals surface area contributed by atoms with Crippen molar-refractivity contribution in [2.45, 2.75) is 6.10 Å². The summed E-state index contributed by atoms with van der Waals surface area (Å²) < 4.78 is 48.7. The van der Waals surface area contributed by atoms with Gasteiger partial charge in [-0.3, -0.25) is 0 Å². The third kappa shape index (κ3) is 5.22. The number of hydrogen-bond donors (Lipinski definition) is 0. The fourth-order valence-electron chi connectivity index (χ4n) is 3.18.